The first-order valence-corrected chi connectivity index (χ1v) is 10.1. The van der Waals surface area contributed by atoms with Gasteiger partial charge in [-0.2, -0.15) is 4.98 Å². The molecule has 28 heavy (non-hydrogen) atoms. The number of thioether (sulfide) groups is 1. The van der Waals surface area contributed by atoms with Crippen LogP contribution in [0.5, 0.6) is 0 Å². The Morgan fingerprint density at radius 1 is 1.14 bits per heavy atom. The summed E-state index contributed by atoms with van der Waals surface area (Å²) in [5.74, 6) is 0.763. The molecule has 0 bridgehead atoms. The van der Waals surface area contributed by atoms with E-state index in [2.05, 4.69) is 44.6 Å². The Hall–Kier alpha value is -2.93. The van der Waals surface area contributed by atoms with Gasteiger partial charge >= 0.3 is 0 Å². The van der Waals surface area contributed by atoms with Gasteiger partial charge in [-0.05, 0) is 43.2 Å². The molecule has 4 rings (SSSR count). The molecule has 0 saturated heterocycles. The van der Waals surface area contributed by atoms with E-state index in [1.807, 2.05) is 45.0 Å². The van der Waals surface area contributed by atoms with Crippen LogP contribution in [0.25, 0.3) is 16.6 Å². The second-order valence-corrected chi connectivity index (χ2v) is 7.73. The largest absolute Gasteiger partial charge is 0.349 e. The molecule has 0 fully saturated rings. The summed E-state index contributed by atoms with van der Waals surface area (Å²) in [7, 11) is 0. The molecule has 2 aromatic heterocycles. The van der Waals surface area contributed by atoms with E-state index in [1.165, 1.54) is 17.1 Å². The molecule has 1 N–H and O–H groups in total. The number of aromatic nitrogens is 4. The molecule has 1 atom stereocenters. The zero-order chi connectivity index (χ0) is 19.7. The minimum Gasteiger partial charge on any atom is -0.349 e. The average molecular weight is 392 g/mol. The minimum absolute atomic E-state index is 0.0508. The highest BCUT2D eigenvalue weighted by atomic mass is 32.2. The van der Waals surface area contributed by atoms with E-state index in [9.17, 15) is 4.79 Å². The Bertz CT molecular complexity index is 1160. The number of nitrogens with zero attached hydrogens (tertiary/aromatic N) is 4. The number of rotatable bonds is 5. The van der Waals surface area contributed by atoms with Crippen molar-refractivity contribution in [3.8, 4) is 0 Å². The number of fused-ring (bicyclic) bond motifs is 2. The SMILES string of the molecule is Cc1cc(C)n2nc(SCC(=O)NC(C)c3cccc4ccccc34)nc2n1. The maximum atomic E-state index is 12.5. The Kier molecular flexibility index (Phi) is 5.00. The van der Waals surface area contributed by atoms with E-state index < -0.39 is 0 Å². The zero-order valence-electron chi connectivity index (χ0n) is 16.0. The third-order valence-corrected chi connectivity index (χ3v) is 5.44. The predicted octanol–water partition coefficient (Wildman–Crippen LogP) is 3.86. The molecule has 142 valence electrons. The van der Waals surface area contributed by atoms with Crippen LogP contribution in [0.1, 0.15) is 29.9 Å². The molecule has 6 nitrogen and oxygen atoms in total. The van der Waals surface area contributed by atoms with Gasteiger partial charge in [-0.15, -0.1) is 5.10 Å². The third-order valence-electron chi connectivity index (χ3n) is 4.60. The molecule has 0 aliphatic heterocycles. The lowest BCUT2D eigenvalue weighted by Crippen LogP contribution is -2.28. The monoisotopic (exact) mass is 391 g/mol. The number of amides is 1. The Morgan fingerprint density at radius 3 is 2.79 bits per heavy atom. The van der Waals surface area contributed by atoms with Crippen LogP contribution in [0.3, 0.4) is 0 Å². The molecule has 0 spiro atoms. The van der Waals surface area contributed by atoms with Crippen LogP contribution in [-0.4, -0.2) is 31.2 Å². The molecule has 1 amide bonds. The molecule has 0 saturated carbocycles. The van der Waals surface area contributed by atoms with Crippen LogP contribution in [-0.2, 0) is 4.79 Å². The van der Waals surface area contributed by atoms with E-state index in [4.69, 9.17) is 0 Å². The number of hydrogen-bond donors (Lipinski definition) is 1. The van der Waals surface area contributed by atoms with Gasteiger partial charge in [0, 0.05) is 11.4 Å². The first kappa shape index (κ1) is 18.4. The van der Waals surface area contributed by atoms with E-state index in [0.29, 0.717) is 10.9 Å². The summed E-state index contributed by atoms with van der Waals surface area (Å²) in [6.45, 7) is 5.89. The van der Waals surface area contributed by atoms with E-state index >= 15 is 0 Å². The normalized spacial score (nSPS) is 12.4. The van der Waals surface area contributed by atoms with Gasteiger partial charge < -0.3 is 5.32 Å². The van der Waals surface area contributed by atoms with E-state index in [0.717, 1.165) is 22.3 Å². The number of aryl methyl sites for hydroxylation is 2. The van der Waals surface area contributed by atoms with Gasteiger partial charge in [0.05, 0.1) is 11.8 Å². The van der Waals surface area contributed by atoms with Crippen LogP contribution in [0, 0.1) is 13.8 Å². The van der Waals surface area contributed by atoms with Gasteiger partial charge in [0.25, 0.3) is 5.78 Å². The van der Waals surface area contributed by atoms with Crippen molar-refractivity contribution in [1.82, 2.24) is 24.9 Å². The summed E-state index contributed by atoms with van der Waals surface area (Å²) < 4.78 is 1.70. The van der Waals surface area contributed by atoms with Crippen LogP contribution in [0.2, 0.25) is 0 Å². The lowest BCUT2D eigenvalue weighted by Gasteiger charge is -2.16. The van der Waals surface area contributed by atoms with Crippen LogP contribution in [0.15, 0.2) is 53.7 Å². The lowest BCUT2D eigenvalue weighted by molar-refractivity contribution is -0.119. The molecule has 2 heterocycles. The number of benzene rings is 2. The number of nitrogens with one attached hydrogen (secondary N) is 1. The lowest BCUT2D eigenvalue weighted by atomic mass is 10.00. The van der Waals surface area contributed by atoms with Crippen molar-refractivity contribution >= 4 is 34.2 Å². The topological polar surface area (TPSA) is 72.2 Å². The van der Waals surface area contributed by atoms with Crippen molar-refractivity contribution in [3.63, 3.8) is 0 Å². The maximum Gasteiger partial charge on any atom is 0.253 e. The third kappa shape index (κ3) is 3.71. The fourth-order valence-electron chi connectivity index (χ4n) is 3.33. The standard InChI is InChI=1S/C21H21N5OS/c1-13-11-14(2)26-20(22-13)24-21(25-26)28-12-19(27)23-15(3)17-10-6-8-16-7-4-5-9-18(16)17/h4-11,15H,12H2,1-3H3,(H,23,27). The molecule has 1 unspecified atom stereocenters. The smallest absolute Gasteiger partial charge is 0.253 e. The van der Waals surface area contributed by atoms with Crippen molar-refractivity contribution in [2.75, 3.05) is 5.75 Å². The summed E-state index contributed by atoms with van der Waals surface area (Å²) in [5, 5.41) is 10.4. The molecule has 2 aromatic carbocycles. The van der Waals surface area contributed by atoms with Crippen molar-refractivity contribution < 1.29 is 4.79 Å². The highest BCUT2D eigenvalue weighted by Crippen LogP contribution is 2.24. The van der Waals surface area contributed by atoms with Crippen LogP contribution < -0.4 is 5.32 Å². The van der Waals surface area contributed by atoms with E-state index in [1.54, 1.807) is 4.52 Å². The molecular weight excluding hydrogens is 370 g/mol. The second kappa shape index (κ2) is 7.59. The van der Waals surface area contributed by atoms with Crippen molar-refractivity contribution in [2.24, 2.45) is 0 Å². The van der Waals surface area contributed by atoms with Crippen LogP contribution >= 0.6 is 11.8 Å². The number of carbonyl (C=O) groups excluding carboxylic acids is 1. The average Bonchev–Trinajstić information content (AvgIpc) is 3.09. The summed E-state index contributed by atoms with van der Waals surface area (Å²) in [6, 6.07) is 16.2. The zero-order valence-corrected chi connectivity index (χ0v) is 16.8. The first-order chi connectivity index (χ1) is 13.5. The van der Waals surface area contributed by atoms with Gasteiger partial charge in [0.2, 0.25) is 11.1 Å². The highest BCUT2D eigenvalue weighted by molar-refractivity contribution is 7.99. The van der Waals surface area contributed by atoms with Gasteiger partial charge in [-0.3, -0.25) is 4.79 Å². The van der Waals surface area contributed by atoms with Gasteiger partial charge in [-0.1, -0.05) is 54.2 Å². The second-order valence-electron chi connectivity index (χ2n) is 6.79. The molecule has 0 aliphatic rings. The van der Waals surface area contributed by atoms with Crippen molar-refractivity contribution in [2.45, 2.75) is 32.0 Å². The fraction of sp³-hybridized carbons (Fsp3) is 0.238. The molecule has 7 heteroatoms. The Balaban J connectivity index is 1.44. The molecule has 0 aliphatic carbocycles. The summed E-state index contributed by atoms with van der Waals surface area (Å²) in [4.78, 5) is 21.2. The molecule has 4 aromatic rings. The quantitative estimate of drug-likeness (QED) is 0.523. The minimum atomic E-state index is -0.0835. The maximum absolute atomic E-state index is 12.5. The Labute approximate surface area is 167 Å². The number of hydrogen-bond acceptors (Lipinski definition) is 5. The van der Waals surface area contributed by atoms with Gasteiger partial charge in [0.1, 0.15) is 0 Å². The van der Waals surface area contributed by atoms with Crippen molar-refractivity contribution in [3.05, 3.63) is 65.5 Å². The number of carbonyl (C=O) groups is 1. The first-order valence-electron chi connectivity index (χ1n) is 9.12. The van der Waals surface area contributed by atoms with Gasteiger partial charge in [0.15, 0.2) is 0 Å². The van der Waals surface area contributed by atoms with Gasteiger partial charge in [-0.25, -0.2) is 9.50 Å². The highest BCUT2D eigenvalue weighted by Gasteiger charge is 2.14. The van der Waals surface area contributed by atoms with Crippen LogP contribution in [0.4, 0.5) is 0 Å². The predicted molar refractivity (Wildman–Crippen MR) is 111 cm³/mol. The molecule has 0 radical (unpaired) electrons. The van der Waals surface area contributed by atoms with E-state index in [-0.39, 0.29) is 17.7 Å². The summed E-state index contributed by atoms with van der Waals surface area (Å²) >= 11 is 1.31. The van der Waals surface area contributed by atoms with Crippen molar-refractivity contribution in [1.29, 1.82) is 0 Å². The summed E-state index contributed by atoms with van der Waals surface area (Å²) in [5.41, 5.74) is 2.98. The Morgan fingerprint density at radius 2 is 1.93 bits per heavy atom. The molecular formula is C21H21N5OS. The fourth-order valence-corrected chi connectivity index (χ4v) is 3.96. The summed E-state index contributed by atoms with van der Waals surface area (Å²) in [6.07, 6.45) is 0.